The molecule has 1 aromatic heterocycles. The monoisotopic (exact) mass is 425 g/mol. The molecule has 162 valence electrons. The predicted octanol–water partition coefficient (Wildman–Crippen LogP) is 4.72. The van der Waals surface area contributed by atoms with E-state index in [0.29, 0.717) is 19.5 Å². The van der Waals surface area contributed by atoms with Crippen LogP contribution in [0.5, 0.6) is 0 Å². The van der Waals surface area contributed by atoms with Crippen molar-refractivity contribution in [2.45, 2.75) is 31.2 Å². The highest BCUT2D eigenvalue weighted by Crippen LogP contribution is 2.30. The van der Waals surface area contributed by atoms with E-state index in [4.69, 9.17) is 0 Å². The Morgan fingerprint density at radius 1 is 0.844 bits per heavy atom. The number of fused-ring (bicyclic) bond motifs is 1. The molecule has 1 saturated heterocycles. The number of hydrogen-bond donors (Lipinski definition) is 1. The molecule has 32 heavy (non-hydrogen) atoms. The number of carbonyl (C=O) groups excluding carboxylic acids is 1. The third kappa shape index (κ3) is 3.98. The second-order valence-corrected chi connectivity index (χ2v) is 8.51. The van der Waals surface area contributed by atoms with Gasteiger partial charge >= 0.3 is 5.69 Å². The summed E-state index contributed by atoms with van der Waals surface area (Å²) in [4.78, 5) is 30.7. The van der Waals surface area contributed by atoms with E-state index in [0.717, 1.165) is 35.0 Å². The molecule has 0 spiro atoms. The third-order valence-corrected chi connectivity index (χ3v) is 6.59. The second kappa shape index (κ2) is 8.87. The average Bonchev–Trinajstić information content (AvgIpc) is 3.19. The minimum Gasteiger partial charge on any atom is -0.343 e. The summed E-state index contributed by atoms with van der Waals surface area (Å²) >= 11 is 0. The quantitative estimate of drug-likeness (QED) is 0.503. The van der Waals surface area contributed by atoms with Gasteiger partial charge in [0.2, 0.25) is 5.91 Å². The van der Waals surface area contributed by atoms with E-state index in [2.05, 4.69) is 29.2 Å². The van der Waals surface area contributed by atoms with Crippen LogP contribution in [0.3, 0.4) is 0 Å². The van der Waals surface area contributed by atoms with E-state index >= 15 is 0 Å². The van der Waals surface area contributed by atoms with Gasteiger partial charge in [-0.2, -0.15) is 0 Å². The number of carbonyl (C=O) groups is 1. The zero-order valence-electron chi connectivity index (χ0n) is 18.0. The summed E-state index contributed by atoms with van der Waals surface area (Å²) in [6.07, 6.45) is 2.02. The highest BCUT2D eigenvalue weighted by Gasteiger charge is 2.28. The molecule has 5 heteroatoms. The number of aromatic amines is 1. The van der Waals surface area contributed by atoms with Crippen molar-refractivity contribution in [2.75, 3.05) is 13.1 Å². The van der Waals surface area contributed by atoms with Crippen molar-refractivity contribution in [3.63, 3.8) is 0 Å². The van der Waals surface area contributed by atoms with E-state index < -0.39 is 0 Å². The van der Waals surface area contributed by atoms with Crippen LogP contribution >= 0.6 is 0 Å². The molecule has 0 aliphatic carbocycles. The Morgan fingerprint density at radius 3 is 2.03 bits per heavy atom. The van der Waals surface area contributed by atoms with Crippen LogP contribution in [-0.2, 0) is 4.79 Å². The molecule has 0 radical (unpaired) electrons. The van der Waals surface area contributed by atoms with Gasteiger partial charge in [0.1, 0.15) is 0 Å². The molecule has 0 saturated carbocycles. The number of amides is 1. The van der Waals surface area contributed by atoms with Crippen molar-refractivity contribution in [1.82, 2.24) is 14.5 Å². The molecule has 5 rings (SSSR count). The topological polar surface area (TPSA) is 58.1 Å². The van der Waals surface area contributed by atoms with Crippen molar-refractivity contribution in [3.8, 4) is 0 Å². The van der Waals surface area contributed by atoms with E-state index in [-0.39, 0.29) is 23.6 Å². The lowest BCUT2D eigenvalue weighted by Gasteiger charge is -2.33. The number of para-hydroxylation sites is 2. The minimum atomic E-state index is -0.0656. The minimum absolute atomic E-state index is 0.0406. The van der Waals surface area contributed by atoms with Crippen LogP contribution in [0, 0.1) is 0 Å². The van der Waals surface area contributed by atoms with Crippen LogP contribution in [0.15, 0.2) is 89.7 Å². The van der Waals surface area contributed by atoms with E-state index in [1.807, 2.05) is 70.1 Å². The SMILES string of the molecule is O=C(CC(c1ccccc1)c1ccccc1)N1CCC(n2c(=O)[nH]c3ccccc32)CC1. The van der Waals surface area contributed by atoms with Gasteiger partial charge in [-0.1, -0.05) is 72.8 Å². The van der Waals surface area contributed by atoms with Crippen LogP contribution in [0.25, 0.3) is 11.0 Å². The van der Waals surface area contributed by atoms with Crippen molar-refractivity contribution >= 4 is 16.9 Å². The van der Waals surface area contributed by atoms with Crippen molar-refractivity contribution in [1.29, 1.82) is 0 Å². The maximum Gasteiger partial charge on any atom is 0.326 e. The number of aromatic nitrogens is 2. The molecule has 1 aliphatic rings. The van der Waals surface area contributed by atoms with Gasteiger partial charge in [-0.3, -0.25) is 9.36 Å². The van der Waals surface area contributed by atoms with Crippen LogP contribution in [0.1, 0.15) is 42.3 Å². The predicted molar refractivity (Wildman–Crippen MR) is 127 cm³/mol. The van der Waals surface area contributed by atoms with Gasteiger partial charge in [0.15, 0.2) is 0 Å². The lowest BCUT2D eigenvalue weighted by molar-refractivity contribution is -0.132. The smallest absolute Gasteiger partial charge is 0.326 e. The average molecular weight is 426 g/mol. The number of hydrogen-bond acceptors (Lipinski definition) is 2. The van der Waals surface area contributed by atoms with Crippen molar-refractivity contribution < 1.29 is 4.79 Å². The molecule has 4 aromatic rings. The maximum absolute atomic E-state index is 13.3. The summed E-state index contributed by atoms with van der Waals surface area (Å²) in [7, 11) is 0. The first-order valence-electron chi connectivity index (χ1n) is 11.3. The molecule has 3 aromatic carbocycles. The molecular weight excluding hydrogens is 398 g/mol. The Balaban J connectivity index is 1.30. The Hall–Kier alpha value is -3.60. The van der Waals surface area contributed by atoms with Gasteiger partial charge in [-0.05, 0) is 36.1 Å². The first-order chi connectivity index (χ1) is 15.7. The number of H-pyrrole nitrogens is 1. The first-order valence-corrected chi connectivity index (χ1v) is 11.3. The van der Waals surface area contributed by atoms with Gasteiger partial charge in [0.25, 0.3) is 0 Å². The van der Waals surface area contributed by atoms with E-state index in [1.165, 1.54) is 0 Å². The summed E-state index contributed by atoms with van der Waals surface area (Å²) < 4.78 is 1.87. The molecule has 5 nitrogen and oxygen atoms in total. The number of benzene rings is 3. The number of rotatable bonds is 5. The highest BCUT2D eigenvalue weighted by molar-refractivity contribution is 5.78. The third-order valence-electron chi connectivity index (χ3n) is 6.59. The highest BCUT2D eigenvalue weighted by atomic mass is 16.2. The van der Waals surface area contributed by atoms with Crippen LogP contribution in [-0.4, -0.2) is 33.4 Å². The van der Waals surface area contributed by atoms with Crippen LogP contribution < -0.4 is 5.69 Å². The summed E-state index contributed by atoms with van der Waals surface area (Å²) in [5, 5.41) is 0. The summed E-state index contributed by atoms with van der Waals surface area (Å²) in [5.41, 5.74) is 4.06. The molecule has 0 unspecified atom stereocenters. The van der Waals surface area contributed by atoms with E-state index in [1.54, 1.807) is 0 Å². The van der Waals surface area contributed by atoms with Crippen molar-refractivity contribution in [2.24, 2.45) is 0 Å². The summed E-state index contributed by atoms with van der Waals surface area (Å²) in [6.45, 7) is 1.34. The Bertz CT molecular complexity index is 1210. The summed E-state index contributed by atoms with van der Waals surface area (Å²) in [5.74, 6) is 0.214. The Morgan fingerprint density at radius 2 is 1.41 bits per heavy atom. The fraction of sp³-hybridized carbons (Fsp3) is 0.259. The van der Waals surface area contributed by atoms with Gasteiger partial charge in [-0.15, -0.1) is 0 Å². The lowest BCUT2D eigenvalue weighted by Crippen LogP contribution is -2.41. The molecule has 1 aliphatic heterocycles. The first kappa shape index (κ1) is 20.3. The van der Waals surface area contributed by atoms with Gasteiger partial charge < -0.3 is 9.88 Å². The Labute approximate surface area is 187 Å². The van der Waals surface area contributed by atoms with Crippen molar-refractivity contribution in [3.05, 3.63) is 107 Å². The van der Waals surface area contributed by atoms with Gasteiger partial charge in [0, 0.05) is 31.5 Å². The summed E-state index contributed by atoms with van der Waals surface area (Å²) in [6, 6.07) is 28.4. The number of piperidine rings is 1. The fourth-order valence-electron chi connectivity index (χ4n) is 4.91. The van der Waals surface area contributed by atoms with Crippen LogP contribution in [0.2, 0.25) is 0 Å². The number of nitrogens with one attached hydrogen (secondary N) is 1. The largest absolute Gasteiger partial charge is 0.343 e. The number of nitrogens with zero attached hydrogens (tertiary/aromatic N) is 2. The molecule has 2 heterocycles. The molecule has 1 N–H and O–H groups in total. The fourth-order valence-corrected chi connectivity index (χ4v) is 4.91. The Kier molecular flexibility index (Phi) is 5.63. The van der Waals surface area contributed by atoms with Gasteiger partial charge in [-0.25, -0.2) is 4.79 Å². The molecule has 1 amide bonds. The second-order valence-electron chi connectivity index (χ2n) is 8.51. The molecular formula is C27H27N3O2. The standard InChI is InChI=1S/C27H27N3O2/c31-26(19-23(20-9-3-1-4-10-20)21-11-5-2-6-12-21)29-17-15-22(16-18-29)30-25-14-8-7-13-24(25)28-27(30)32/h1-14,22-23H,15-19H2,(H,28,32). The molecule has 0 atom stereocenters. The zero-order valence-corrected chi connectivity index (χ0v) is 18.0. The molecule has 0 bridgehead atoms. The maximum atomic E-state index is 13.3. The number of imidazole rings is 1. The van der Waals surface area contributed by atoms with Crippen LogP contribution in [0.4, 0.5) is 0 Å². The zero-order chi connectivity index (χ0) is 21.9. The normalized spacial score (nSPS) is 14.8. The van der Waals surface area contributed by atoms with Gasteiger partial charge in [0.05, 0.1) is 11.0 Å². The van der Waals surface area contributed by atoms with E-state index in [9.17, 15) is 9.59 Å². The lowest BCUT2D eigenvalue weighted by atomic mass is 9.88. The number of likely N-dealkylation sites (tertiary alicyclic amines) is 1. The molecule has 1 fully saturated rings.